The van der Waals surface area contributed by atoms with E-state index < -0.39 is 11.9 Å². The lowest BCUT2D eigenvalue weighted by atomic mass is 10.1. The quantitative estimate of drug-likeness (QED) is 0.180. The smallest absolute Gasteiger partial charge is 0.303 e. The lowest BCUT2D eigenvalue weighted by Crippen LogP contribution is -1.93. The van der Waals surface area contributed by atoms with Crippen LogP contribution in [0, 0.1) is 0 Å². The Morgan fingerprint density at radius 2 is 0.963 bits per heavy atom. The molecule has 0 bridgehead atoms. The van der Waals surface area contributed by atoms with Gasteiger partial charge < -0.3 is 10.2 Å². The molecule has 2 N–H and O–H groups in total. The number of unbranched alkanes of at least 4 members (excludes halogenated alkanes) is 14. The Hall–Kier alpha value is -1.32. The maximum absolute atomic E-state index is 10.2. The second-order valence-electron chi connectivity index (χ2n) is 7.31. The van der Waals surface area contributed by atoms with Gasteiger partial charge in [-0.1, -0.05) is 90.0 Å². The predicted octanol–water partition coefficient (Wildman–Crippen LogP) is 7.37. The molecule has 0 radical (unpaired) electrons. The van der Waals surface area contributed by atoms with E-state index in [4.69, 9.17) is 10.2 Å². The summed E-state index contributed by atoms with van der Waals surface area (Å²) in [6.45, 7) is 5.89. The van der Waals surface area contributed by atoms with Crippen molar-refractivity contribution in [2.75, 3.05) is 0 Å². The molecule has 0 saturated heterocycles. The molecule has 0 aromatic carbocycles. The molecule has 0 aromatic heterocycles. The molecule has 0 aliphatic carbocycles. The maximum Gasteiger partial charge on any atom is 0.303 e. The molecular formula is C23H44O4. The molecule has 0 saturated carbocycles. The molecule has 27 heavy (non-hydrogen) atoms. The van der Waals surface area contributed by atoms with Crippen LogP contribution >= 0.6 is 0 Å². The van der Waals surface area contributed by atoms with Crippen LogP contribution in [0.15, 0.2) is 12.7 Å². The van der Waals surface area contributed by atoms with E-state index in [1.807, 2.05) is 6.08 Å². The number of carboxylic acids is 2. The lowest BCUT2D eigenvalue weighted by Gasteiger charge is -2.00. The zero-order valence-electron chi connectivity index (χ0n) is 17.7. The van der Waals surface area contributed by atoms with Gasteiger partial charge in [0.25, 0.3) is 0 Å². The summed E-state index contributed by atoms with van der Waals surface area (Å²) >= 11 is 0. The van der Waals surface area contributed by atoms with Gasteiger partial charge in [0, 0.05) is 12.8 Å². The van der Waals surface area contributed by atoms with Gasteiger partial charge in [0.2, 0.25) is 0 Å². The molecular weight excluding hydrogens is 340 g/mol. The van der Waals surface area contributed by atoms with Crippen LogP contribution in [0.25, 0.3) is 0 Å². The number of hydrogen-bond acceptors (Lipinski definition) is 2. The van der Waals surface area contributed by atoms with Crippen LogP contribution in [0.1, 0.15) is 122 Å². The summed E-state index contributed by atoms with van der Waals surface area (Å²) in [5.74, 6) is -1.33. The van der Waals surface area contributed by atoms with Gasteiger partial charge in [0.05, 0.1) is 0 Å². The highest BCUT2D eigenvalue weighted by Crippen LogP contribution is 2.10. The van der Waals surface area contributed by atoms with Gasteiger partial charge in [-0.3, -0.25) is 9.59 Å². The number of rotatable bonds is 19. The number of allylic oxidation sites excluding steroid dienone is 1. The Labute approximate surface area is 167 Å². The molecule has 160 valence electrons. The van der Waals surface area contributed by atoms with E-state index in [1.165, 1.54) is 70.6 Å². The summed E-state index contributed by atoms with van der Waals surface area (Å²) < 4.78 is 0. The van der Waals surface area contributed by atoms with Crippen LogP contribution in [0.5, 0.6) is 0 Å². The van der Waals surface area contributed by atoms with Crippen molar-refractivity contribution in [3.8, 4) is 0 Å². The van der Waals surface area contributed by atoms with Crippen molar-refractivity contribution >= 4 is 11.9 Å². The van der Waals surface area contributed by atoms with Gasteiger partial charge in [0.1, 0.15) is 0 Å². The first-order valence-corrected chi connectivity index (χ1v) is 11.1. The van der Waals surface area contributed by atoms with Gasteiger partial charge in [-0.25, -0.2) is 0 Å². The molecule has 0 fully saturated rings. The fraction of sp³-hybridized carbons (Fsp3) is 0.826. The van der Waals surface area contributed by atoms with E-state index in [9.17, 15) is 9.59 Å². The summed E-state index contributed by atoms with van der Waals surface area (Å²) in [6, 6.07) is 0. The van der Waals surface area contributed by atoms with E-state index in [0.29, 0.717) is 12.8 Å². The molecule has 0 heterocycles. The third kappa shape index (κ3) is 32.8. The zero-order chi connectivity index (χ0) is 20.6. The number of aliphatic carboxylic acids is 2. The lowest BCUT2D eigenvalue weighted by molar-refractivity contribution is -0.138. The van der Waals surface area contributed by atoms with E-state index >= 15 is 0 Å². The van der Waals surface area contributed by atoms with Crippen LogP contribution in [0.3, 0.4) is 0 Å². The summed E-state index contributed by atoms with van der Waals surface area (Å²) in [7, 11) is 0. The van der Waals surface area contributed by atoms with Gasteiger partial charge in [-0.2, -0.15) is 0 Å². The standard InChI is InChI=1S/C12H24O2.C11H20O2/c1-2-3-4-5-6-7-8-9-10-11-12(13)14;1-2-3-4-5-6-7-8-9-10-11(12)13/h2-11H2,1H3,(H,13,14);2H,1,3-10H2,(H,12,13). The predicted molar refractivity (Wildman–Crippen MR) is 114 cm³/mol. The Balaban J connectivity index is 0. The number of carboxylic acid groups (broad SMARTS) is 2. The fourth-order valence-electron chi connectivity index (χ4n) is 2.86. The van der Waals surface area contributed by atoms with Crippen molar-refractivity contribution in [2.45, 2.75) is 122 Å². The average molecular weight is 385 g/mol. The summed E-state index contributed by atoms with van der Waals surface area (Å²) in [6.07, 6.45) is 21.6. The summed E-state index contributed by atoms with van der Waals surface area (Å²) in [4.78, 5) is 20.4. The first kappa shape index (κ1) is 27.9. The third-order valence-corrected chi connectivity index (χ3v) is 4.54. The van der Waals surface area contributed by atoms with Crippen LogP contribution in [0.2, 0.25) is 0 Å². The topological polar surface area (TPSA) is 74.6 Å². The zero-order valence-corrected chi connectivity index (χ0v) is 17.7. The Morgan fingerprint density at radius 1 is 0.630 bits per heavy atom. The second kappa shape index (κ2) is 24.7. The van der Waals surface area contributed by atoms with Crippen molar-refractivity contribution in [2.24, 2.45) is 0 Å². The average Bonchev–Trinajstić information content (AvgIpc) is 2.62. The van der Waals surface area contributed by atoms with E-state index in [-0.39, 0.29) is 0 Å². The van der Waals surface area contributed by atoms with Gasteiger partial charge in [-0.05, 0) is 25.7 Å². The largest absolute Gasteiger partial charge is 0.481 e. The number of hydrogen-bond donors (Lipinski definition) is 2. The molecule has 0 rings (SSSR count). The third-order valence-electron chi connectivity index (χ3n) is 4.54. The molecule has 0 aliphatic rings. The van der Waals surface area contributed by atoms with Crippen molar-refractivity contribution in [3.63, 3.8) is 0 Å². The Kier molecular flexibility index (Phi) is 25.5. The molecule has 0 unspecified atom stereocenters. The van der Waals surface area contributed by atoms with Crippen molar-refractivity contribution in [1.82, 2.24) is 0 Å². The fourth-order valence-corrected chi connectivity index (χ4v) is 2.86. The van der Waals surface area contributed by atoms with Gasteiger partial charge in [0.15, 0.2) is 0 Å². The molecule has 4 nitrogen and oxygen atoms in total. The minimum absolute atomic E-state index is 0.326. The molecule has 0 spiro atoms. The molecule has 0 aromatic rings. The molecule has 0 aliphatic heterocycles. The molecule has 0 amide bonds. The highest BCUT2D eigenvalue weighted by atomic mass is 16.4. The van der Waals surface area contributed by atoms with Crippen molar-refractivity contribution in [3.05, 3.63) is 12.7 Å². The first-order valence-electron chi connectivity index (χ1n) is 11.1. The van der Waals surface area contributed by atoms with E-state index in [2.05, 4.69) is 13.5 Å². The van der Waals surface area contributed by atoms with Crippen LogP contribution in [0.4, 0.5) is 0 Å². The first-order chi connectivity index (χ1) is 13.0. The molecule has 4 heteroatoms. The maximum atomic E-state index is 10.2. The number of carbonyl (C=O) groups is 2. The minimum atomic E-state index is -0.674. The Bertz CT molecular complexity index is 339. The second-order valence-corrected chi connectivity index (χ2v) is 7.31. The normalized spacial score (nSPS) is 10.1. The van der Waals surface area contributed by atoms with E-state index in [0.717, 1.165) is 32.1 Å². The monoisotopic (exact) mass is 384 g/mol. The minimum Gasteiger partial charge on any atom is -0.481 e. The Morgan fingerprint density at radius 3 is 1.30 bits per heavy atom. The molecule has 0 atom stereocenters. The van der Waals surface area contributed by atoms with Crippen LogP contribution in [-0.2, 0) is 9.59 Å². The highest BCUT2D eigenvalue weighted by molar-refractivity contribution is 5.66. The van der Waals surface area contributed by atoms with Crippen LogP contribution < -0.4 is 0 Å². The van der Waals surface area contributed by atoms with Gasteiger partial charge >= 0.3 is 11.9 Å². The van der Waals surface area contributed by atoms with Crippen LogP contribution in [-0.4, -0.2) is 22.2 Å². The SMILES string of the molecule is C=CCCCCCCCCC(=O)O.CCCCCCCCCCCC(=O)O. The highest BCUT2D eigenvalue weighted by Gasteiger charge is 1.97. The van der Waals surface area contributed by atoms with E-state index in [1.54, 1.807) is 0 Å². The summed E-state index contributed by atoms with van der Waals surface area (Å²) in [5, 5.41) is 16.8. The van der Waals surface area contributed by atoms with Gasteiger partial charge in [-0.15, -0.1) is 6.58 Å². The van der Waals surface area contributed by atoms with Crippen molar-refractivity contribution in [1.29, 1.82) is 0 Å². The summed E-state index contributed by atoms with van der Waals surface area (Å²) in [5.41, 5.74) is 0. The van der Waals surface area contributed by atoms with Crippen molar-refractivity contribution < 1.29 is 19.8 Å².